The van der Waals surface area contributed by atoms with Crippen LogP contribution in [0.15, 0.2) is 30.3 Å². The first-order valence-corrected chi connectivity index (χ1v) is 6.27. The maximum Gasteiger partial charge on any atom is 0.271 e. The summed E-state index contributed by atoms with van der Waals surface area (Å²) >= 11 is 7.29. The predicted octanol–water partition coefficient (Wildman–Crippen LogP) is 3.50. The minimum Gasteiger partial charge on any atom is -0.397 e. The van der Waals surface area contributed by atoms with Crippen molar-refractivity contribution in [1.29, 1.82) is 0 Å². The molecule has 2 aromatic rings. The molecule has 0 spiro atoms. The molecule has 0 aliphatic carbocycles. The van der Waals surface area contributed by atoms with E-state index in [2.05, 4.69) is 5.32 Å². The van der Waals surface area contributed by atoms with Gasteiger partial charge < -0.3 is 11.1 Å². The zero-order valence-corrected chi connectivity index (χ0v) is 10.8. The summed E-state index contributed by atoms with van der Waals surface area (Å²) in [5.41, 5.74) is 6.75. The number of nitrogen functional groups attached to an aromatic ring is 1. The van der Waals surface area contributed by atoms with Crippen LogP contribution in [0.5, 0.6) is 0 Å². The van der Waals surface area contributed by atoms with Crippen molar-refractivity contribution in [2.24, 2.45) is 0 Å². The second-order valence-corrected chi connectivity index (χ2v) is 5.39. The van der Waals surface area contributed by atoms with Gasteiger partial charge in [0.25, 0.3) is 5.69 Å². The van der Waals surface area contributed by atoms with Crippen LogP contribution in [-0.4, -0.2) is 4.92 Å². The highest BCUT2D eigenvalue weighted by Gasteiger charge is 2.08. The first kappa shape index (κ1) is 12.7. The zero-order valence-electron chi connectivity index (χ0n) is 9.22. The summed E-state index contributed by atoms with van der Waals surface area (Å²) < 4.78 is 0.725. The minimum atomic E-state index is -0.473. The van der Waals surface area contributed by atoms with Crippen molar-refractivity contribution in [3.63, 3.8) is 0 Å². The largest absolute Gasteiger partial charge is 0.397 e. The first-order chi connectivity index (χ1) is 8.56. The van der Waals surface area contributed by atoms with Crippen LogP contribution in [0.4, 0.5) is 17.1 Å². The molecular formula is C11H10ClN3O2S. The summed E-state index contributed by atoms with van der Waals surface area (Å²) in [5, 5.41) is 13.7. The third-order valence-electron chi connectivity index (χ3n) is 2.33. The Morgan fingerprint density at radius 1 is 1.39 bits per heavy atom. The Morgan fingerprint density at radius 2 is 2.17 bits per heavy atom. The van der Waals surface area contributed by atoms with Crippen LogP contribution < -0.4 is 11.1 Å². The third kappa shape index (κ3) is 2.91. The van der Waals surface area contributed by atoms with Crippen molar-refractivity contribution < 1.29 is 4.92 Å². The van der Waals surface area contributed by atoms with Gasteiger partial charge in [-0.2, -0.15) is 0 Å². The van der Waals surface area contributed by atoms with Gasteiger partial charge in [-0.15, -0.1) is 11.3 Å². The lowest BCUT2D eigenvalue weighted by Gasteiger charge is -2.07. The van der Waals surface area contributed by atoms with Gasteiger partial charge in [-0.1, -0.05) is 11.6 Å². The van der Waals surface area contributed by atoms with E-state index in [0.29, 0.717) is 17.9 Å². The van der Waals surface area contributed by atoms with E-state index in [0.717, 1.165) is 9.21 Å². The predicted molar refractivity (Wildman–Crippen MR) is 74.2 cm³/mol. The second kappa shape index (κ2) is 5.24. The Bertz CT molecular complexity index is 585. The van der Waals surface area contributed by atoms with E-state index in [1.165, 1.54) is 23.5 Å². The monoisotopic (exact) mass is 283 g/mol. The van der Waals surface area contributed by atoms with Gasteiger partial charge in [-0.25, -0.2) is 0 Å². The Morgan fingerprint density at radius 3 is 2.72 bits per heavy atom. The Labute approximate surface area is 112 Å². The molecule has 0 fully saturated rings. The van der Waals surface area contributed by atoms with Gasteiger partial charge in [-0.3, -0.25) is 10.1 Å². The summed E-state index contributed by atoms with van der Waals surface area (Å²) in [6.45, 7) is 0.583. The number of thiophene rings is 1. The molecule has 1 aromatic carbocycles. The molecule has 0 saturated heterocycles. The molecule has 0 aliphatic heterocycles. The lowest BCUT2D eigenvalue weighted by Crippen LogP contribution is -2.01. The maximum atomic E-state index is 10.6. The lowest BCUT2D eigenvalue weighted by molar-refractivity contribution is -0.384. The maximum absolute atomic E-state index is 10.6. The van der Waals surface area contributed by atoms with Crippen molar-refractivity contribution in [3.8, 4) is 0 Å². The van der Waals surface area contributed by atoms with Crippen LogP contribution in [-0.2, 0) is 6.54 Å². The summed E-state index contributed by atoms with van der Waals surface area (Å²) in [6.07, 6.45) is 0. The summed E-state index contributed by atoms with van der Waals surface area (Å²) in [7, 11) is 0. The number of halogens is 1. The highest BCUT2D eigenvalue weighted by molar-refractivity contribution is 7.16. The summed E-state index contributed by atoms with van der Waals surface area (Å²) in [5.74, 6) is 0. The Kier molecular flexibility index (Phi) is 3.69. The van der Waals surface area contributed by atoms with Crippen LogP contribution in [0.3, 0.4) is 0 Å². The number of nitrogens with two attached hydrogens (primary N) is 1. The molecule has 18 heavy (non-hydrogen) atoms. The molecule has 0 amide bonds. The van der Waals surface area contributed by atoms with Gasteiger partial charge in [0.15, 0.2) is 0 Å². The molecule has 5 nitrogen and oxygen atoms in total. The van der Waals surface area contributed by atoms with Crippen molar-refractivity contribution in [2.75, 3.05) is 11.1 Å². The fraction of sp³-hybridized carbons (Fsp3) is 0.0909. The van der Waals surface area contributed by atoms with Gasteiger partial charge in [-0.05, 0) is 18.2 Å². The number of hydrogen-bond acceptors (Lipinski definition) is 5. The van der Waals surface area contributed by atoms with Crippen LogP contribution in [0.1, 0.15) is 4.88 Å². The molecule has 1 heterocycles. The number of anilines is 2. The number of nitrogens with one attached hydrogen (secondary N) is 1. The standard InChI is InChI=1S/C11H10ClN3O2S/c12-11-4-2-8(18-11)6-14-10-3-1-7(15(16)17)5-9(10)13/h1-5,14H,6,13H2. The SMILES string of the molecule is Nc1cc([N+](=O)[O-])ccc1NCc1ccc(Cl)s1. The fourth-order valence-corrected chi connectivity index (χ4v) is 2.48. The third-order valence-corrected chi connectivity index (χ3v) is 3.56. The fourth-order valence-electron chi connectivity index (χ4n) is 1.45. The molecule has 0 radical (unpaired) electrons. The average Bonchev–Trinajstić information content (AvgIpc) is 2.73. The molecule has 0 atom stereocenters. The molecule has 0 bridgehead atoms. The number of rotatable bonds is 4. The van der Waals surface area contributed by atoms with Crippen molar-refractivity contribution >= 4 is 40.0 Å². The quantitative estimate of drug-likeness (QED) is 0.511. The number of benzene rings is 1. The number of nitrogens with zero attached hydrogens (tertiary/aromatic N) is 1. The smallest absolute Gasteiger partial charge is 0.271 e. The molecule has 1 aromatic heterocycles. The number of nitro groups is 1. The lowest BCUT2D eigenvalue weighted by atomic mass is 10.2. The van der Waals surface area contributed by atoms with E-state index in [1.54, 1.807) is 6.07 Å². The molecule has 7 heteroatoms. The molecule has 3 N–H and O–H groups in total. The molecular weight excluding hydrogens is 274 g/mol. The number of non-ortho nitro benzene ring substituents is 1. The van der Waals surface area contributed by atoms with Crippen LogP contribution in [0.2, 0.25) is 4.34 Å². The molecule has 0 unspecified atom stereocenters. The van der Waals surface area contributed by atoms with E-state index < -0.39 is 4.92 Å². The highest BCUT2D eigenvalue weighted by Crippen LogP contribution is 2.26. The van der Waals surface area contributed by atoms with Crippen LogP contribution >= 0.6 is 22.9 Å². The molecule has 0 saturated carbocycles. The average molecular weight is 284 g/mol. The van der Waals surface area contributed by atoms with E-state index in [-0.39, 0.29) is 5.69 Å². The topological polar surface area (TPSA) is 81.2 Å². The first-order valence-electron chi connectivity index (χ1n) is 5.08. The van der Waals surface area contributed by atoms with Gasteiger partial charge in [0.05, 0.1) is 20.6 Å². The van der Waals surface area contributed by atoms with Crippen molar-refractivity contribution in [3.05, 3.63) is 49.7 Å². The van der Waals surface area contributed by atoms with Gasteiger partial charge >= 0.3 is 0 Å². The van der Waals surface area contributed by atoms with Crippen molar-refractivity contribution in [2.45, 2.75) is 6.54 Å². The van der Waals surface area contributed by atoms with E-state index in [1.807, 2.05) is 12.1 Å². The Balaban J connectivity index is 2.08. The van der Waals surface area contributed by atoms with Crippen molar-refractivity contribution in [1.82, 2.24) is 0 Å². The molecule has 0 aliphatic rings. The normalized spacial score (nSPS) is 10.3. The van der Waals surface area contributed by atoms with E-state index in [9.17, 15) is 10.1 Å². The van der Waals surface area contributed by atoms with Gasteiger partial charge in [0.1, 0.15) is 0 Å². The number of hydrogen-bond donors (Lipinski definition) is 2. The Hall–Kier alpha value is -1.79. The van der Waals surface area contributed by atoms with E-state index in [4.69, 9.17) is 17.3 Å². The number of nitro benzene ring substituents is 1. The zero-order chi connectivity index (χ0) is 13.1. The summed E-state index contributed by atoms with van der Waals surface area (Å²) in [6, 6.07) is 8.09. The van der Waals surface area contributed by atoms with Crippen LogP contribution in [0.25, 0.3) is 0 Å². The molecule has 2 rings (SSSR count). The van der Waals surface area contributed by atoms with E-state index >= 15 is 0 Å². The minimum absolute atomic E-state index is 0.0165. The summed E-state index contributed by atoms with van der Waals surface area (Å²) in [4.78, 5) is 11.2. The molecule has 94 valence electrons. The second-order valence-electron chi connectivity index (χ2n) is 3.59. The highest BCUT2D eigenvalue weighted by atomic mass is 35.5. The van der Waals surface area contributed by atoms with Gasteiger partial charge in [0.2, 0.25) is 0 Å². The van der Waals surface area contributed by atoms with Crippen LogP contribution in [0, 0.1) is 10.1 Å². The van der Waals surface area contributed by atoms with Gasteiger partial charge in [0, 0.05) is 23.6 Å².